The topological polar surface area (TPSA) is 43.3 Å². The van der Waals surface area contributed by atoms with E-state index in [4.69, 9.17) is 4.74 Å². The molecular weight excluding hydrogens is 204 g/mol. The van der Waals surface area contributed by atoms with Crippen molar-refractivity contribution in [3.63, 3.8) is 0 Å². The molecule has 4 nitrogen and oxygen atoms in total. The predicted molar refractivity (Wildman–Crippen MR) is 63.8 cm³/mol. The summed E-state index contributed by atoms with van der Waals surface area (Å²) in [4.78, 5) is 11.4. The molecular formula is C12H18N2O2. The van der Waals surface area contributed by atoms with E-state index in [0.717, 1.165) is 31.7 Å². The molecule has 0 radical (unpaired) electrons. The lowest BCUT2D eigenvalue weighted by Gasteiger charge is -2.24. The zero-order chi connectivity index (χ0) is 11.4. The van der Waals surface area contributed by atoms with Crippen LogP contribution in [0, 0.1) is 0 Å². The average molecular weight is 222 g/mol. The van der Waals surface area contributed by atoms with Gasteiger partial charge < -0.3 is 14.6 Å². The van der Waals surface area contributed by atoms with Gasteiger partial charge in [0.2, 0.25) is 0 Å². The summed E-state index contributed by atoms with van der Waals surface area (Å²) in [6, 6.07) is 3.81. The van der Waals surface area contributed by atoms with Crippen LogP contribution >= 0.6 is 0 Å². The molecule has 1 atom stereocenters. The van der Waals surface area contributed by atoms with Crippen LogP contribution < -0.4 is 10.9 Å². The van der Waals surface area contributed by atoms with Crippen LogP contribution in [0.2, 0.25) is 0 Å². The summed E-state index contributed by atoms with van der Waals surface area (Å²) in [5.41, 5.74) is 1.05. The maximum absolute atomic E-state index is 11.4. The molecule has 2 rings (SSSR count). The summed E-state index contributed by atoms with van der Waals surface area (Å²) in [5, 5.41) is 3.40. The summed E-state index contributed by atoms with van der Waals surface area (Å²) in [5.74, 6) is 0. The number of pyridine rings is 1. The lowest BCUT2D eigenvalue weighted by atomic mass is 10.1. The molecule has 1 unspecified atom stereocenters. The van der Waals surface area contributed by atoms with Crippen LogP contribution in [0.3, 0.4) is 0 Å². The third-order valence-corrected chi connectivity index (χ3v) is 2.86. The van der Waals surface area contributed by atoms with Crippen LogP contribution in [0.15, 0.2) is 23.1 Å². The number of aromatic nitrogens is 1. The SMILES string of the molecule is CCn1cc(NC2CCCOC2)ccc1=O. The van der Waals surface area contributed by atoms with Crippen molar-refractivity contribution in [2.75, 3.05) is 18.5 Å². The molecule has 0 saturated carbocycles. The molecule has 0 bridgehead atoms. The fraction of sp³-hybridized carbons (Fsp3) is 0.583. The smallest absolute Gasteiger partial charge is 0.250 e. The molecule has 1 aliphatic heterocycles. The average Bonchev–Trinajstić information content (AvgIpc) is 2.33. The summed E-state index contributed by atoms with van der Waals surface area (Å²) in [6.45, 7) is 4.29. The van der Waals surface area contributed by atoms with Crippen molar-refractivity contribution >= 4 is 5.69 Å². The van der Waals surface area contributed by atoms with Gasteiger partial charge in [-0.15, -0.1) is 0 Å². The first-order valence-electron chi connectivity index (χ1n) is 5.84. The van der Waals surface area contributed by atoms with Crippen LogP contribution in [0.25, 0.3) is 0 Å². The van der Waals surface area contributed by atoms with E-state index in [0.29, 0.717) is 12.6 Å². The number of anilines is 1. The van der Waals surface area contributed by atoms with Gasteiger partial charge in [0.25, 0.3) is 5.56 Å². The maximum atomic E-state index is 11.4. The number of nitrogens with one attached hydrogen (secondary N) is 1. The third-order valence-electron chi connectivity index (χ3n) is 2.86. The van der Waals surface area contributed by atoms with E-state index in [1.165, 1.54) is 0 Å². The number of rotatable bonds is 3. The van der Waals surface area contributed by atoms with E-state index in [9.17, 15) is 4.79 Å². The first kappa shape index (κ1) is 11.2. The Balaban J connectivity index is 2.06. The highest BCUT2D eigenvalue weighted by Crippen LogP contribution is 2.12. The molecule has 2 heterocycles. The first-order chi connectivity index (χ1) is 7.79. The van der Waals surface area contributed by atoms with Crippen molar-refractivity contribution in [1.29, 1.82) is 0 Å². The van der Waals surface area contributed by atoms with Crippen LogP contribution in [0.4, 0.5) is 5.69 Å². The second-order valence-electron chi connectivity index (χ2n) is 4.10. The van der Waals surface area contributed by atoms with Crippen LogP contribution in [-0.4, -0.2) is 23.8 Å². The highest BCUT2D eigenvalue weighted by Gasteiger charge is 2.13. The van der Waals surface area contributed by atoms with Gasteiger partial charge in [-0.2, -0.15) is 0 Å². The second kappa shape index (κ2) is 5.16. The Kier molecular flexibility index (Phi) is 3.62. The monoisotopic (exact) mass is 222 g/mol. The first-order valence-corrected chi connectivity index (χ1v) is 5.84. The quantitative estimate of drug-likeness (QED) is 0.842. The van der Waals surface area contributed by atoms with Crippen LogP contribution in [0.5, 0.6) is 0 Å². The van der Waals surface area contributed by atoms with Gasteiger partial charge in [-0.1, -0.05) is 0 Å². The Bertz CT molecular complexity index is 394. The van der Waals surface area contributed by atoms with Crippen LogP contribution in [0.1, 0.15) is 19.8 Å². The van der Waals surface area contributed by atoms with Gasteiger partial charge in [-0.3, -0.25) is 4.79 Å². The zero-order valence-electron chi connectivity index (χ0n) is 9.61. The minimum absolute atomic E-state index is 0.0490. The molecule has 0 aromatic carbocycles. The lowest BCUT2D eigenvalue weighted by molar-refractivity contribution is 0.0876. The molecule has 1 N–H and O–H groups in total. The largest absolute Gasteiger partial charge is 0.379 e. The van der Waals surface area contributed by atoms with Gasteiger partial charge >= 0.3 is 0 Å². The maximum Gasteiger partial charge on any atom is 0.250 e. The molecule has 0 aliphatic carbocycles. The van der Waals surface area contributed by atoms with Crippen molar-refractivity contribution in [2.24, 2.45) is 0 Å². The number of nitrogens with zero attached hydrogens (tertiary/aromatic N) is 1. The number of ether oxygens (including phenoxy) is 1. The Hall–Kier alpha value is -1.29. The standard InChI is InChI=1S/C12H18N2O2/c1-2-14-8-10(5-6-12(14)15)13-11-4-3-7-16-9-11/h5-6,8,11,13H,2-4,7,9H2,1H3. The van der Waals surface area contributed by atoms with Gasteiger partial charge in [0.15, 0.2) is 0 Å². The number of aryl methyl sites for hydroxylation is 1. The zero-order valence-corrected chi connectivity index (χ0v) is 9.61. The molecule has 1 fully saturated rings. The van der Waals surface area contributed by atoms with Gasteiger partial charge in [0.1, 0.15) is 0 Å². The predicted octanol–water partition coefficient (Wildman–Crippen LogP) is 1.46. The number of hydrogen-bond acceptors (Lipinski definition) is 3. The Morgan fingerprint density at radius 2 is 2.44 bits per heavy atom. The molecule has 4 heteroatoms. The van der Waals surface area contributed by atoms with Crippen molar-refractivity contribution in [2.45, 2.75) is 32.4 Å². The second-order valence-corrected chi connectivity index (χ2v) is 4.10. The summed E-state index contributed by atoms with van der Waals surface area (Å²) in [7, 11) is 0. The molecule has 1 aliphatic rings. The molecule has 0 amide bonds. The fourth-order valence-corrected chi connectivity index (χ4v) is 1.95. The fourth-order valence-electron chi connectivity index (χ4n) is 1.95. The minimum Gasteiger partial charge on any atom is -0.379 e. The molecule has 1 aromatic heterocycles. The van der Waals surface area contributed by atoms with E-state index < -0.39 is 0 Å². The van der Waals surface area contributed by atoms with E-state index in [1.54, 1.807) is 10.6 Å². The van der Waals surface area contributed by atoms with E-state index in [1.807, 2.05) is 19.2 Å². The van der Waals surface area contributed by atoms with Gasteiger partial charge in [0, 0.05) is 31.5 Å². The van der Waals surface area contributed by atoms with Gasteiger partial charge in [-0.05, 0) is 25.8 Å². The number of hydrogen-bond donors (Lipinski definition) is 1. The third kappa shape index (κ3) is 2.64. The summed E-state index contributed by atoms with van der Waals surface area (Å²) < 4.78 is 7.10. The Labute approximate surface area is 95.2 Å². The van der Waals surface area contributed by atoms with Crippen LogP contribution in [-0.2, 0) is 11.3 Å². The normalized spacial score (nSPS) is 20.7. The molecule has 16 heavy (non-hydrogen) atoms. The van der Waals surface area contributed by atoms with E-state index in [-0.39, 0.29) is 5.56 Å². The van der Waals surface area contributed by atoms with Crippen molar-refractivity contribution in [3.05, 3.63) is 28.7 Å². The van der Waals surface area contributed by atoms with E-state index >= 15 is 0 Å². The molecule has 1 saturated heterocycles. The molecule has 0 spiro atoms. The lowest BCUT2D eigenvalue weighted by Crippen LogP contribution is -2.30. The van der Waals surface area contributed by atoms with E-state index in [2.05, 4.69) is 5.32 Å². The minimum atomic E-state index is 0.0490. The van der Waals surface area contributed by atoms with Gasteiger partial charge in [0.05, 0.1) is 12.3 Å². The highest BCUT2D eigenvalue weighted by atomic mass is 16.5. The molecule has 1 aromatic rings. The van der Waals surface area contributed by atoms with Crippen molar-refractivity contribution < 1.29 is 4.74 Å². The molecule has 88 valence electrons. The Morgan fingerprint density at radius 3 is 3.12 bits per heavy atom. The summed E-state index contributed by atoms with van der Waals surface area (Å²) >= 11 is 0. The van der Waals surface area contributed by atoms with Gasteiger partial charge in [-0.25, -0.2) is 0 Å². The van der Waals surface area contributed by atoms with Crippen molar-refractivity contribution in [3.8, 4) is 0 Å². The highest BCUT2D eigenvalue weighted by molar-refractivity contribution is 5.41. The summed E-state index contributed by atoms with van der Waals surface area (Å²) in [6.07, 6.45) is 4.10. The van der Waals surface area contributed by atoms with Crippen molar-refractivity contribution in [1.82, 2.24) is 4.57 Å². The Morgan fingerprint density at radius 1 is 1.56 bits per heavy atom.